The second kappa shape index (κ2) is 5.92. The van der Waals surface area contributed by atoms with E-state index in [1.807, 2.05) is 0 Å². The SMILES string of the molecule is O=C([O-])C(=O)c1ccc(C(F)(F)F)cc1.[K+]. The minimum absolute atomic E-state index is 0. The molecule has 0 spiro atoms. The van der Waals surface area contributed by atoms with Crippen molar-refractivity contribution in [3.63, 3.8) is 0 Å². The molecular formula is C9H4F3KO3. The van der Waals surface area contributed by atoms with E-state index in [9.17, 15) is 27.9 Å². The first kappa shape index (κ1) is 15.8. The van der Waals surface area contributed by atoms with E-state index >= 15 is 0 Å². The van der Waals surface area contributed by atoms with Gasteiger partial charge < -0.3 is 9.90 Å². The van der Waals surface area contributed by atoms with Crippen molar-refractivity contribution in [2.45, 2.75) is 6.18 Å². The number of ketones is 1. The maximum absolute atomic E-state index is 12.1. The van der Waals surface area contributed by atoms with Gasteiger partial charge in [0, 0.05) is 5.56 Å². The van der Waals surface area contributed by atoms with Gasteiger partial charge in [-0.25, -0.2) is 0 Å². The molecule has 0 N–H and O–H groups in total. The Kier molecular flexibility index (Phi) is 5.84. The summed E-state index contributed by atoms with van der Waals surface area (Å²) in [6.07, 6.45) is -4.51. The van der Waals surface area contributed by atoms with Crippen molar-refractivity contribution in [3.8, 4) is 0 Å². The van der Waals surface area contributed by atoms with Crippen molar-refractivity contribution >= 4 is 11.8 Å². The van der Waals surface area contributed by atoms with Crippen LogP contribution in [0.1, 0.15) is 15.9 Å². The summed E-state index contributed by atoms with van der Waals surface area (Å²) in [7, 11) is 0. The van der Waals surface area contributed by atoms with Gasteiger partial charge >= 0.3 is 57.6 Å². The molecule has 0 aliphatic heterocycles. The van der Waals surface area contributed by atoms with Gasteiger partial charge in [0.2, 0.25) is 5.78 Å². The smallest absolute Gasteiger partial charge is 0.541 e. The predicted octanol–water partition coefficient (Wildman–Crippen LogP) is -2.36. The number of carboxylic acid groups (broad SMARTS) is 1. The van der Waals surface area contributed by atoms with E-state index in [0.29, 0.717) is 12.1 Å². The number of rotatable bonds is 2. The fraction of sp³-hybridized carbons (Fsp3) is 0.111. The van der Waals surface area contributed by atoms with Crippen LogP contribution in [-0.4, -0.2) is 11.8 Å². The molecule has 0 radical (unpaired) electrons. The fourth-order valence-electron chi connectivity index (χ4n) is 0.928. The molecular weight excluding hydrogens is 252 g/mol. The van der Waals surface area contributed by atoms with Crippen LogP contribution < -0.4 is 56.5 Å². The third-order valence-corrected chi connectivity index (χ3v) is 1.66. The molecule has 0 aromatic heterocycles. The van der Waals surface area contributed by atoms with Gasteiger partial charge in [0.15, 0.2) is 0 Å². The Balaban J connectivity index is 0.00000225. The molecule has 0 heterocycles. The van der Waals surface area contributed by atoms with Crippen LogP contribution in [0.15, 0.2) is 24.3 Å². The van der Waals surface area contributed by atoms with Crippen molar-refractivity contribution in [3.05, 3.63) is 35.4 Å². The van der Waals surface area contributed by atoms with Crippen molar-refractivity contribution < 1.29 is 79.3 Å². The number of alkyl halides is 3. The third kappa shape index (κ3) is 3.98. The van der Waals surface area contributed by atoms with Gasteiger partial charge in [-0.15, -0.1) is 0 Å². The van der Waals surface area contributed by atoms with Crippen LogP contribution in [0, 0.1) is 0 Å². The van der Waals surface area contributed by atoms with Crippen molar-refractivity contribution in [1.82, 2.24) is 0 Å². The van der Waals surface area contributed by atoms with Gasteiger partial charge in [0.25, 0.3) is 0 Å². The molecule has 0 amide bonds. The molecule has 0 atom stereocenters. The minimum atomic E-state index is -4.51. The molecule has 0 saturated heterocycles. The van der Waals surface area contributed by atoms with Gasteiger partial charge in [0.05, 0.1) is 5.56 Å². The minimum Gasteiger partial charge on any atom is -0.541 e. The van der Waals surface area contributed by atoms with Gasteiger partial charge in [-0.2, -0.15) is 13.2 Å². The van der Waals surface area contributed by atoms with Crippen LogP contribution in [0.2, 0.25) is 0 Å². The van der Waals surface area contributed by atoms with E-state index in [1.165, 1.54) is 0 Å². The quantitative estimate of drug-likeness (QED) is 0.338. The number of hydrogen-bond acceptors (Lipinski definition) is 3. The molecule has 0 fully saturated rings. The zero-order chi connectivity index (χ0) is 11.6. The van der Waals surface area contributed by atoms with E-state index in [2.05, 4.69) is 0 Å². The summed E-state index contributed by atoms with van der Waals surface area (Å²) >= 11 is 0. The number of benzene rings is 1. The van der Waals surface area contributed by atoms with Crippen molar-refractivity contribution in [1.29, 1.82) is 0 Å². The predicted molar refractivity (Wildman–Crippen MR) is 40.8 cm³/mol. The van der Waals surface area contributed by atoms with Gasteiger partial charge in [-0.3, -0.25) is 4.79 Å². The summed E-state index contributed by atoms with van der Waals surface area (Å²) in [5.41, 5.74) is -1.29. The molecule has 3 nitrogen and oxygen atoms in total. The molecule has 0 bridgehead atoms. The number of carboxylic acids is 1. The topological polar surface area (TPSA) is 57.2 Å². The van der Waals surface area contributed by atoms with E-state index in [0.717, 1.165) is 12.1 Å². The van der Waals surface area contributed by atoms with Gasteiger partial charge in [0.1, 0.15) is 5.97 Å². The molecule has 0 saturated carbocycles. The normalized spacial score (nSPS) is 10.4. The van der Waals surface area contributed by atoms with Crippen LogP contribution in [0.3, 0.4) is 0 Å². The van der Waals surface area contributed by atoms with E-state index in [-0.39, 0.29) is 56.9 Å². The third-order valence-electron chi connectivity index (χ3n) is 1.66. The van der Waals surface area contributed by atoms with E-state index < -0.39 is 23.5 Å². The molecule has 16 heavy (non-hydrogen) atoms. The molecule has 0 unspecified atom stereocenters. The molecule has 0 aliphatic rings. The number of carbonyl (C=O) groups is 2. The Labute approximate surface area is 131 Å². The van der Waals surface area contributed by atoms with Crippen LogP contribution in [-0.2, 0) is 11.0 Å². The largest absolute Gasteiger partial charge is 1.00 e. The van der Waals surface area contributed by atoms with Crippen LogP contribution >= 0.6 is 0 Å². The Hall–Kier alpha value is -0.214. The van der Waals surface area contributed by atoms with Gasteiger partial charge in [-0.05, 0) is 12.1 Å². The molecule has 7 heteroatoms. The summed E-state index contributed by atoms with van der Waals surface area (Å²) in [5.74, 6) is -3.29. The molecule has 1 aromatic carbocycles. The second-order valence-electron chi connectivity index (χ2n) is 2.69. The number of halogens is 3. The van der Waals surface area contributed by atoms with Gasteiger partial charge in [-0.1, -0.05) is 12.1 Å². The van der Waals surface area contributed by atoms with E-state index in [4.69, 9.17) is 0 Å². The van der Waals surface area contributed by atoms with Crippen LogP contribution in [0.5, 0.6) is 0 Å². The maximum Gasteiger partial charge on any atom is 1.00 e. The fourth-order valence-corrected chi connectivity index (χ4v) is 0.928. The van der Waals surface area contributed by atoms with Crippen molar-refractivity contribution in [2.24, 2.45) is 0 Å². The van der Waals surface area contributed by atoms with Crippen LogP contribution in [0.25, 0.3) is 0 Å². The summed E-state index contributed by atoms with van der Waals surface area (Å²) in [4.78, 5) is 20.9. The second-order valence-corrected chi connectivity index (χ2v) is 2.69. The van der Waals surface area contributed by atoms with Crippen molar-refractivity contribution in [2.75, 3.05) is 0 Å². The van der Waals surface area contributed by atoms with E-state index in [1.54, 1.807) is 0 Å². The first-order valence-corrected chi connectivity index (χ1v) is 3.75. The number of aliphatic carboxylic acids is 1. The number of hydrogen-bond donors (Lipinski definition) is 0. The summed E-state index contributed by atoms with van der Waals surface area (Å²) < 4.78 is 36.2. The first-order chi connectivity index (χ1) is 6.82. The monoisotopic (exact) mass is 256 g/mol. The molecule has 80 valence electrons. The first-order valence-electron chi connectivity index (χ1n) is 3.75. The standard InChI is InChI=1S/C9H5F3O3.K/c10-9(11,12)6-3-1-5(2-4-6)7(13)8(14)15;/h1-4H,(H,14,15);/q;+1/p-1. The average molecular weight is 256 g/mol. The summed E-state index contributed by atoms with van der Waals surface area (Å²) in [6.45, 7) is 0. The number of carbonyl (C=O) groups excluding carboxylic acids is 2. The Bertz CT molecular complexity index is 397. The molecule has 1 aromatic rings. The average Bonchev–Trinajstić information content (AvgIpc) is 2.15. The number of Topliss-reactive ketones (excluding diaryl/α,β-unsaturated/α-hetero) is 1. The summed E-state index contributed by atoms with van der Waals surface area (Å²) in [6, 6.07) is 2.86. The zero-order valence-corrected chi connectivity index (χ0v) is 11.3. The molecule has 0 aliphatic carbocycles. The van der Waals surface area contributed by atoms with Crippen LogP contribution in [0.4, 0.5) is 13.2 Å². The molecule has 1 rings (SSSR count). The zero-order valence-electron chi connectivity index (χ0n) is 8.17. The Morgan fingerprint density at radius 2 is 1.50 bits per heavy atom. The Morgan fingerprint density at radius 1 is 1.06 bits per heavy atom. The Morgan fingerprint density at radius 3 is 1.81 bits per heavy atom. The maximum atomic E-state index is 12.1. The summed E-state index contributed by atoms with van der Waals surface area (Å²) in [5, 5.41) is 10.1.